The van der Waals surface area contributed by atoms with Crippen LogP contribution >= 0.6 is 11.6 Å². The maximum absolute atomic E-state index is 6.03. The number of ether oxygens (including phenoxy) is 1. The molecular weight excluding hydrogens is 276 g/mol. The summed E-state index contributed by atoms with van der Waals surface area (Å²) in [4.78, 5) is 0. The van der Waals surface area contributed by atoms with Crippen LogP contribution < -0.4 is 4.74 Å². The minimum absolute atomic E-state index is 0.278. The first-order chi connectivity index (χ1) is 9.65. The zero-order valence-electron chi connectivity index (χ0n) is 11.1. The molecule has 0 unspecified atom stereocenters. The van der Waals surface area contributed by atoms with Gasteiger partial charge >= 0.3 is 0 Å². The predicted molar refractivity (Wildman–Crippen MR) is 77.2 cm³/mol. The molecule has 0 amide bonds. The molecule has 3 rings (SSSR count). The highest BCUT2D eigenvalue weighted by molar-refractivity contribution is 6.34. The first kappa shape index (κ1) is 12.9. The number of fused-ring (bicyclic) bond motifs is 1. The van der Waals surface area contributed by atoms with Crippen LogP contribution in [-0.4, -0.2) is 20.0 Å². The van der Waals surface area contributed by atoms with Gasteiger partial charge in [-0.15, -0.1) is 10.2 Å². The third-order valence-electron chi connectivity index (χ3n) is 2.93. The van der Waals surface area contributed by atoms with E-state index in [1.807, 2.05) is 49.0 Å². The molecule has 2 aromatic heterocycles. The van der Waals surface area contributed by atoms with Gasteiger partial charge in [-0.3, -0.25) is 4.68 Å². The number of hydrogen-bond acceptors (Lipinski definition) is 4. The van der Waals surface area contributed by atoms with E-state index in [0.717, 1.165) is 10.8 Å². The molecule has 2 heterocycles. The number of nitrogens with zero attached hydrogens (tertiary/aromatic N) is 4. The summed E-state index contributed by atoms with van der Waals surface area (Å²) in [6.45, 7) is 4.10. The van der Waals surface area contributed by atoms with Gasteiger partial charge in [-0.2, -0.15) is 5.10 Å². The van der Waals surface area contributed by atoms with E-state index < -0.39 is 0 Å². The molecule has 0 saturated carbocycles. The van der Waals surface area contributed by atoms with Crippen LogP contribution in [0.5, 0.6) is 11.6 Å². The molecule has 0 saturated heterocycles. The number of aromatic nitrogens is 4. The Kier molecular flexibility index (Phi) is 3.28. The molecule has 0 bridgehead atoms. The summed E-state index contributed by atoms with van der Waals surface area (Å²) in [6, 6.07) is 7.87. The zero-order valence-corrected chi connectivity index (χ0v) is 11.9. The van der Waals surface area contributed by atoms with Gasteiger partial charge in [0.1, 0.15) is 0 Å². The molecular formula is C14H13ClN4O. The number of benzene rings is 1. The average Bonchev–Trinajstić information content (AvgIpc) is 2.91. The molecule has 0 aliphatic rings. The third kappa shape index (κ3) is 2.32. The van der Waals surface area contributed by atoms with Gasteiger partial charge in [0.15, 0.2) is 10.9 Å². The summed E-state index contributed by atoms with van der Waals surface area (Å²) in [5.74, 6) is 1.05. The normalized spacial score (nSPS) is 11.2. The minimum Gasteiger partial charge on any atom is -0.434 e. The first-order valence-electron chi connectivity index (χ1n) is 6.28. The van der Waals surface area contributed by atoms with Gasteiger partial charge in [0.25, 0.3) is 0 Å². The second-order valence-corrected chi connectivity index (χ2v) is 5.05. The van der Waals surface area contributed by atoms with Crippen LogP contribution in [0.25, 0.3) is 10.8 Å². The molecule has 1 aromatic carbocycles. The molecule has 0 fully saturated rings. The van der Waals surface area contributed by atoms with Crippen LogP contribution in [0.3, 0.4) is 0 Å². The third-order valence-corrected chi connectivity index (χ3v) is 3.21. The van der Waals surface area contributed by atoms with Crippen molar-refractivity contribution >= 4 is 22.4 Å². The Labute approximate surface area is 121 Å². The summed E-state index contributed by atoms with van der Waals surface area (Å²) >= 11 is 6.03. The van der Waals surface area contributed by atoms with Crippen molar-refractivity contribution in [3.63, 3.8) is 0 Å². The lowest BCUT2D eigenvalue weighted by molar-refractivity contribution is 0.458. The van der Waals surface area contributed by atoms with Crippen LogP contribution in [0, 0.1) is 0 Å². The van der Waals surface area contributed by atoms with E-state index in [1.54, 1.807) is 6.20 Å². The van der Waals surface area contributed by atoms with Gasteiger partial charge in [-0.05, 0) is 19.9 Å². The summed E-state index contributed by atoms with van der Waals surface area (Å²) in [5, 5.41) is 14.2. The van der Waals surface area contributed by atoms with Crippen molar-refractivity contribution in [3.8, 4) is 11.6 Å². The van der Waals surface area contributed by atoms with Gasteiger partial charge in [0.05, 0.1) is 12.4 Å². The fraction of sp³-hybridized carbons (Fsp3) is 0.214. The van der Waals surface area contributed by atoms with Crippen molar-refractivity contribution < 1.29 is 4.74 Å². The maximum atomic E-state index is 6.03. The zero-order chi connectivity index (χ0) is 14.1. The lowest BCUT2D eigenvalue weighted by atomic mass is 10.2. The Hall–Kier alpha value is -2.14. The topological polar surface area (TPSA) is 52.8 Å². The van der Waals surface area contributed by atoms with Crippen LogP contribution in [0.1, 0.15) is 19.9 Å². The van der Waals surface area contributed by atoms with Crippen molar-refractivity contribution in [2.24, 2.45) is 0 Å². The Morgan fingerprint density at radius 1 is 1.15 bits per heavy atom. The molecule has 0 spiro atoms. The van der Waals surface area contributed by atoms with Gasteiger partial charge in [0, 0.05) is 16.8 Å². The molecule has 0 aliphatic heterocycles. The quantitative estimate of drug-likeness (QED) is 0.734. The SMILES string of the molecule is CC(C)n1cc(Oc2nnc(Cl)c3ccccc23)cn1. The first-order valence-corrected chi connectivity index (χ1v) is 6.66. The molecule has 0 radical (unpaired) electrons. The van der Waals surface area contributed by atoms with Crippen molar-refractivity contribution in [2.75, 3.05) is 0 Å². The second kappa shape index (κ2) is 5.09. The Balaban J connectivity index is 2.00. The minimum atomic E-state index is 0.278. The van der Waals surface area contributed by atoms with Crippen molar-refractivity contribution in [1.82, 2.24) is 20.0 Å². The molecule has 0 N–H and O–H groups in total. The van der Waals surface area contributed by atoms with Gasteiger partial charge in [0.2, 0.25) is 5.88 Å². The number of halogens is 1. The molecule has 3 aromatic rings. The van der Waals surface area contributed by atoms with Crippen molar-refractivity contribution in [2.45, 2.75) is 19.9 Å². The van der Waals surface area contributed by atoms with Crippen LogP contribution in [-0.2, 0) is 0 Å². The fourth-order valence-electron chi connectivity index (χ4n) is 1.89. The lowest BCUT2D eigenvalue weighted by Crippen LogP contribution is -1.99. The highest BCUT2D eigenvalue weighted by Gasteiger charge is 2.11. The van der Waals surface area contributed by atoms with Crippen LogP contribution in [0.15, 0.2) is 36.7 Å². The van der Waals surface area contributed by atoms with Crippen molar-refractivity contribution in [3.05, 3.63) is 41.8 Å². The van der Waals surface area contributed by atoms with Crippen LogP contribution in [0.2, 0.25) is 5.15 Å². The molecule has 0 aliphatic carbocycles. The standard InChI is InChI=1S/C14H13ClN4O/c1-9(2)19-8-10(7-16-19)20-14-12-6-4-3-5-11(12)13(15)17-18-14/h3-9H,1-2H3. The molecule has 102 valence electrons. The number of hydrogen-bond donors (Lipinski definition) is 0. The summed E-state index contributed by atoms with van der Waals surface area (Å²) in [6.07, 6.45) is 3.49. The van der Waals surface area contributed by atoms with Gasteiger partial charge in [-0.25, -0.2) is 0 Å². The summed E-state index contributed by atoms with van der Waals surface area (Å²) in [7, 11) is 0. The Morgan fingerprint density at radius 3 is 2.60 bits per heavy atom. The van der Waals surface area contributed by atoms with E-state index in [9.17, 15) is 0 Å². The van der Waals surface area contributed by atoms with Gasteiger partial charge < -0.3 is 4.74 Å². The van der Waals surface area contributed by atoms with Gasteiger partial charge in [-0.1, -0.05) is 29.8 Å². The monoisotopic (exact) mass is 288 g/mol. The molecule has 5 nitrogen and oxygen atoms in total. The van der Waals surface area contributed by atoms with E-state index in [2.05, 4.69) is 15.3 Å². The lowest BCUT2D eigenvalue weighted by Gasteiger charge is -2.06. The largest absolute Gasteiger partial charge is 0.434 e. The fourth-order valence-corrected chi connectivity index (χ4v) is 2.09. The second-order valence-electron chi connectivity index (χ2n) is 4.69. The van der Waals surface area contributed by atoms with E-state index in [1.165, 1.54) is 0 Å². The highest BCUT2D eigenvalue weighted by atomic mass is 35.5. The average molecular weight is 289 g/mol. The Bertz CT molecular complexity index is 754. The highest BCUT2D eigenvalue weighted by Crippen LogP contribution is 2.30. The van der Waals surface area contributed by atoms with E-state index in [-0.39, 0.29) is 6.04 Å². The maximum Gasteiger partial charge on any atom is 0.247 e. The molecule has 6 heteroatoms. The van der Waals surface area contributed by atoms with E-state index in [4.69, 9.17) is 16.3 Å². The van der Waals surface area contributed by atoms with Crippen LogP contribution in [0.4, 0.5) is 0 Å². The smallest absolute Gasteiger partial charge is 0.247 e. The Morgan fingerprint density at radius 2 is 1.90 bits per heavy atom. The number of rotatable bonds is 3. The van der Waals surface area contributed by atoms with Crippen molar-refractivity contribution in [1.29, 1.82) is 0 Å². The summed E-state index contributed by atoms with van der Waals surface area (Å²) < 4.78 is 7.58. The molecule has 20 heavy (non-hydrogen) atoms. The predicted octanol–water partition coefficient (Wildman–Crippen LogP) is 3.85. The summed E-state index contributed by atoms with van der Waals surface area (Å²) in [5.41, 5.74) is 0. The molecule has 0 atom stereocenters. The van der Waals surface area contributed by atoms with E-state index >= 15 is 0 Å². The van der Waals surface area contributed by atoms with E-state index in [0.29, 0.717) is 16.8 Å².